The van der Waals surface area contributed by atoms with Crippen molar-refractivity contribution in [3.8, 4) is 11.3 Å². The predicted molar refractivity (Wildman–Crippen MR) is 123 cm³/mol. The molecule has 1 fully saturated rings. The molecular formula is C24H25ClN4O3. The molecule has 1 saturated carbocycles. The van der Waals surface area contributed by atoms with Gasteiger partial charge in [0.1, 0.15) is 5.76 Å². The van der Waals surface area contributed by atoms with Gasteiger partial charge in [-0.2, -0.15) is 0 Å². The monoisotopic (exact) mass is 452 g/mol. The van der Waals surface area contributed by atoms with Crippen molar-refractivity contribution in [2.45, 2.75) is 32.6 Å². The number of pyridine rings is 1. The highest BCUT2D eigenvalue weighted by atomic mass is 35.5. The molecule has 166 valence electrons. The number of halogens is 1. The lowest BCUT2D eigenvalue weighted by molar-refractivity contribution is -0.116. The standard InChI is InChI=1S/C24H25ClN4O3/c1-16(30)29(14-17-4-5-17)23-9-7-18(11-21(23)25)22-8-6-19(12-28-22)24(31)27-10-2-3-20-13-26-15-32-20/h6-9,11-13,15,17H,2-5,10,14H2,1H3,(H,27,31). The maximum absolute atomic E-state index is 12.3. The summed E-state index contributed by atoms with van der Waals surface area (Å²) >= 11 is 6.52. The summed E-state index contributed by atoms with van der Waals surface area (Å²) in [6, 6.07) is 9.10. The molecule has 1 aliphatic carbocycles. The van der Waals surface area contributed by atoms with Gasteiger partial charge in [0.25, 0.3) is 5.91 Å². The molecule has 0 aliphatic heterocycles. The summed E-state index contributed by atoms with van der Waals surface area (Å²) in [5, 5.41) is 3.39. The van der Waals surface area contributed by atoms with Gasteiger partial charge in [-0.15, -0.1) is 0 Å². The first kappa shape index (κ1) is 22.0. The van der Waals surface area contributed by atoms with E-state index in [1.807, 2.05) is 18.2 Å². The number of aryl methyl sites for hydroxylation is 1. The summed E-state index contributed by atoms with van der Waals surface area (Å²) in [6.45, 7) is 2.80. The summed E-state index contributed by atoms with van der Waals surface area (Å²) in [7, 11) is 0. The summed E-state index contributed by atoms with van der Waals surface area (Å²) < 4.78 is 5.18. The average Bonchev–Trinajstić information content (AvgIpc) is 3.47. The fraction of sp³-hybridized carbons (Fsp3) is 0.333. The molecule has 0 spiro atoms. The fourth-order valence-electron chi connectivity index (χ4n) is 3.47. The van der Waals surface area contributed by atoms with Gasteiger partial charge in [0, 0.05) is 38.2 Å². The molecule has 7 nitrogen and oxygen atoms in total. The van der Waals surface area contributed by atoms with E-state index in [-0.39, 0.29) is 11.8 Å². The van der Waals surface area contributed by atoms with Crippen molar-refractivity contribution in [2.24, 2.45) is 5.92 Å². The van der Waals surface area contributed by atoms with Crippen molar-refractivity contribution in [3.63, 3.8) is 0 Å². The molecular weight excluding hydrogens is 428 g/mol. The Morgan fingerprint density at radius 3 is 2.69 bits per heavy atom. The van der Waals surface area contributed by atoms with Crippen molar-refractivity contribution in [1.82, 2.24) is 15.3 Å². The van der Waals surface area contributed by atoms with E-state index >= 15 is 0 Å². The highest BCUT2D eigenvalue weighted by Gasteiger charge is 2.27. The van der Waals surface area contributed by atoms with E-state index < -0.39 is 0 Å². The number of hydrogen-bond acceptors (Lipinski definition) is 5. The SMILES string of the molecule is CC(=O)N(CC1CC1)c1ccc(-c2ccc(C(=O)NCCCc3cnco3)cn2)cc1Cl. The molecule has 4 rings (SSSR count). The van der Waals surface area contributed by atoms with Gasteiger partial charge in [0.2, 0.25) is 5.91 Å². The lowest BCUT2D eigenvalue weighted by atomic mass is 10.1. The zero-order valence-corrected chi connectivity index (χ0v) is 18.6. The van der Waals surface area contributed by atoms with E-state index in [0.29, 0.717) is 35.3 Å². The number of oxazole rings is 1. The molecule has 0 bridgehead atoms. The van der Waals surface area contributed by atoms with Crippen molar-refractivity contribution in [1.29, 1.82) is 0 Å². The smallest absolute Gasteiger partial charge is 0.252 e. The molecule has 3 aromatic rings. The number of nitrogens with one attached hydrogen (secondary N) is 1. The molecule has 1 aromatic carbocycles. The van der Waals surface area contributed by atoms with Crippen LogP contribution in [-0.4, -0.2) is 34.9 Å². The van der Waals surface area contributed by atoms with Crippen LogP contribution in [0.3, 0.4) is 0 Å². The quantitative estimate of drug-likeness (QED) is 0.482. The molecule has 1 N–H and O–H groups in total. The topological polar surface area (TPSA) is 88.3 Å². The summed E-state index contributed by atoms with van der Waals surface area (Å²) in [4.78, 5) is 34.5. The first-order chi connectivity index (χ1) is 15.5. The van der Waals surface area contributed by atoms with Crippen LogP contribution in [0.5, 0.6) is 0 Å². The van der Waals surface area contributed by atoms with Crippen molar-refractivity contribution in [3.05, 3.63) is 65.5 Å². The van der Waals surface area contributed by atoms with E-state index in [1.165, 1.54) is 6.39 Å². The highest BCUT2D eigenvalue weighted by Crippen LogP contribution is 2.35. The van der Waals surface area contributed by atoms with E-state index in [4.69, 9.17) is 16.0 Å². The molecule has 1 aliphatic rings. The van der Waals surface area contributed by atoms with Gasteiger partial charge in [-0.05, 0) is 49.4 Å². The molecule has 32 heavy (non-hydrogen) atoms. The van der Waals surface area contributed by atoms with E-state index in [9.17, 15) is 9.59 Å². The Balaban J connectivity index is 1.37. The molecule has 2 aromatic heterocycles. The van der Waals surface area contributed by atoms with Crippen LogP contribution in [0.25, 0.3) is 11.3 Å². The van der Waals surface area contributed by atoms with E-state index in [1.54, 1.807) is 36.4 Å². The van der Waals surface area contributed by atoms with E-state index in [0.717, 1.165) is 42.7 Å². The van der Waals surface area contributed by atoms with Gasteiger partial charge in [0.05, 0.1) is 28.2 Å². The zero-order valence-electron chi connectivity index (χ0n) is 17.9. The van der Waals surface area contributed by atoms with Crippen LogP contribution in [0.15, 0.2) is 53.5 Å². The van der Waals surface area contributed by atoms with Crippen LogP contribution in [0.4, 0.5) is 5.69 Å². The minimum absolute atomic E-state index is 0.0131. The molecule has 0 radical (unpaired) electrons. The van der Waals surface area contributed by atoms with Gasteiger partial charge in [-0.3, -0.25) is 14.6 Å². The molecule has 0 unspecified atom stereocenters. The third-order valence-corrected chi connectivity index (χ3v) is 5.75. The van der Waals surface area contributed by atoms with Crippen LogP contribution in [0.2, 0.25) is 5.02 Å². The highest BCUT2D eigenvalue weighted by molar-refractivity contribution is 6.34. The number of carbonyl (C=O) groups is 2. The summed E-state index contributed by atoms with van der Waals surface area (Å²) in [5.74, 6) is 1.18. The number of aromatic nitrogens is 2. The number of anilines is 1. The van der Waals surface area contributed by atoms with Gasteiger partial charge >= 0.3 is 0 Å². The first-order valence-corrected chi connectivity index (χ1v) is 11.1. The second kappa shape index (κ2) is 9.96. The minimum Gasteiger partial charge on any atom is -0.449 e. The first-order valence-electron chi connectivity index (χ1n) is 10.7. The zero-order chi connectivity index (χ0) is 22.5. The number of carbonyl (C=O) groups excluding carboxylic acids is 2. The fourth-order valence-corrected chi connectivity index (χ4v) is 3.75. The van der Waals surface area contributed by atoms with Crippen LogP contribution in [-0.2, 0) is 11.2 Å². The van der Waals surface area contributed by atoms with Gasteiger partial charge in [-0.25, -0.2) is 4.98 Å². The Morgan fingerprint density at radius 1 is 1.22 bits per heavy atom. The van der Waals surface area contributed by atoms with Crippen LogP contribution in [0, 0.1) is 5.92 Å². The second-order valence-corrected chi connectivity index (χ2v) is 8.41. The van der Waals surface area contributed by atoms with Crippen LogP contribution >= 0.6 is 11.6 Å². The molecule has 0 saturated heterocycles. The van der Waals surface area contributed by atoms with Gasteiger partial charge in [0.15, 0.2) is 6.39 Å². The number of rotatable bonds is 9. The maximum atomic E-state index is 12.3. The lowest BCUT2D eigenvalue weighted by Gasteiger charge is -2.22. The Morgan fingerprint density at radius 2 is 2.06 bits per heavy atom. The van der Waals surface area contributed by atoms with Gasteiger partial charge in [-0.1, -0.05) is 17.7 Å². The Hall–Kier alpha value is -3.19. The number of nitrogens with zero attached hydrogens (tertiary/aromatic N) is 3. The third-order valence-electron chi connectivity index (χ3n) is 5.45. The molecule has 2 amide bonds. The summed E-state index contributed by atoms with van der Waals surface area (Å²) in [5.41, 5.74) is 2.74. The van der Waals surface area contributed by atoms with Crippen molar-refractivity contribution < 1.29 is 14.0 Å². The predicted octanol–water partition coefficient (Wildman–Crippen LogP) is 4.52. The largest absolute Gasteiger partial charge is 0.449 e. The minimum atomic E-state index is -0.174. The Kier molecular flexibility index (Phi) is 6.85. The Bertz CT molecular complexity index is 1080. The van der Waals surface area contributed by atoms with E-state index in [2.05, 4.69) is 15.3 Å². The van der Waals surface area contributed by atoms with Crippen molar-refractivity contribution in [2.75, 3.05) is 18.0 Å². The maximum Gasteiger partial charge on any atom is 0.252 e. The average molecular weight is 453 g/mol. The second-order valence-electron chi connectivity index (χ2n) is 8.00. The normalized spacial score (nSPS) is 13.1. The molecule has 0 atom stereocenters. The van der Waals surface area contributed by atoms with Gasteiger partial charge < -0.3 is 14.6 Å². The lowest BCUT2D eigenvalue weighted by Crippen LogP contribution is -2.30. The number of hydrogen-bond donors (Lipinski definition) is 1. The summed E-state index contributed by atoms with van der Waals surface area (Å²) in [6.07, 6.45) is 8.42. The van der Waals surface area contributed by atoms with Crippen LogP contribution in [0.1, 0.15) is 42.3 Å². The molecule has 8 heteroatoms. The Labute approximate surface area is 191 Å². The van der Waals surface area contributed by atoms with Crippen molar-refractivity contribution >= 4 is 29.1 Å². The number of benzene rings is 1. The molecule has 2 heterocycles. The van der Waals surface area contributed by atoms with Crippen LogP contribution < -0.4 is 10.2 Å². The third kappa shape index (κ3) is 5.53. The number of amides is 2.